The summed E-state index contributed by atoms with van der Waals surface area (Å²) in [7, 11) is -0.926. The quantitative estimate of drug-likeness (QED) is 0.530. The van der Waals surface area contributed by atoms with Crippen molar-refractivity contribution in [2.24, 2.45) is 16.6 Å². The highest BCUT2D eigenvalue weighted by Crippen LogP contribution is 2.19. The fraction of sp³-hybridized carbons (Fsp3) is 0.579. The van der Waals surface area contributed by atoms with Crippen molar-refractivity contribution in [1.29, 1.82) is 0 Å². The Morgan fingerprint density at radius 1 is 1.38 bits per heavy atom. The standard InChI is InChI=1S/C19H30N4O2S/c1-2-21-19(23-11-6-9-17(14-23)13-18(20)24)22-10-12-26(25)15-16-7-4-3-5-8-16/h3-5,7-8,17H,2,6,9-15H2,1H3,(H2,20,24)(H,21,22). The molecule has 0 saturated carbocycles. The van der Waals surface area contributed by atoms with Gasteiger partial charge in [-0.15, -0.1) is 0 Å². The summed E-state index contributed by atoms with van der Waals surface area (Å²) < 4.78 is 12.3. The predicted molar refractivity (Wildman–Crippen MR) is 107 cm³/mol. The van der Waals surface area contributed by atoms with Crippen LogP contribution < -0.4 is 11.1 Å². The number of nitrogens with two attached hydrogens (primary N) is 1. The van der Waals surface area contributed by atoms with Gasteiger partial charge >= 0.3 is 0 Å². The molecule has 2 unspecified atom stereocenters. The maximum absolute atomic E-state index is 12.3. The number of nitrogens with zero attached hydrogens (tertiary/aromatic N) is 2. The number of hydrogen-bond donors (Lipinski definition) is 2. The highest BCUT2D eigenvalue weighted by molar-refractivity contribution is 7.84. The second-order valence-corrected chi connectivity index (χ2v) is 8.21. The largest absolute Gasteiger partial charge is 0.370 e. The van der Waals surface area contributed by atoms with Crippen molar-refractivity contribution >= 4 is 22.7 Å². The van der Waals surface area contributed by atoms with Crippen LogP contribution in [0, 0.1) is 5.92 Å². The molecule has 1 fully saturated rings. The van der Waals surface area contributed by atoms with Crippen LogP contribution >= 0.6 is 0 Å². The first-order valence-corrected chi connectivity index (χ1v) is 10.8. The van der Waals surface area contributed by atoms with E-state index < -0.39 is 10.8 Å². The summed E-state index contributed by atoms with van der Waals surface area (Å²) in [5.74, 6) is 2.01. The summed E-state index contributed by atoms with van der Waals surface area (Å²) in [6.07, 6.45) is 2.49. The van der Waals surface area contributed by atoms with Gasteiger partial charge in [-0.05, 0) is 31.2 Å². The second kappa shape index (κ2) is 11.0. The maximum Gasteiger partial charge on any atom is 0.217 e. The van der Waals surface area contributed by atoms with Gasteiger partial charge in [0.1, 0.15) is 0 Å². The third kappa shape index (κ3) is 7.15. The van der Waals surface area contributed by atoms with E-state index in [1.54, 1.807) is 0 Å². The number of primary amides is 1. The van der Waals surface area contributed by atoms with Gasteiger partial charge in [-0.3, -0.25) is 14.0 Å². The number of rotatable bonds is 8. The fourth-order valence-corrected chi connectivity index (χ4v) is 4.22. The summed E-state index contributed by atoms with van der Waals surface area (Å²) in [4.78, 5) is 18.0. The number of aliphatic imine (C=N–C) groups is 1. The molecule has 0 bridgehead atoms. The van der Waals surface area contributed by atoms with E-state index in [9.17, 15) is 9.00 Å². The van der Waals surface area contributed by atoms with Crippen molar-refractivity contribution in [2.45, 2.75) is 31.9 Å². The molecule has 0 aliphatic carbocycles. The fourth-order valence-electron chi connectivity index (χ4n) is 3.22. The van der Waals surface area contributed by atoms with Crippen molar-refractivity contribution in [3.63, 3.8) is 0 Å². The number of nitrogens with one attached hydrogen (secondary N) is 1. The molecule has 1 aliphatic heterocycles. The molecule has 6 nitrogen and oxygen atoms in total. The average molecular weight is 379 g/mol. The van der Waals surface area contributed by atoms with Crippen LogP contribution in [0.3, 0.4) is 0 Å². The van der Waals surface area contributed by atoms with Crippen LogP contribution in [0.15, 0.2) is 35.3 Å². The van der Waals surface area contributed by atoms with Crippen molar-refractivity contribution in [3.8, 4) is 0 Å². The van der Waals surface area contributed by atoms with Gasteiger partial charge < -0.3 is 16.0 Å². The van der Waals surface area contributed by atoms with Crippen molar-refractivity contribution in [3.05, 3.63) is 35.9 Å². The van der Waals surface area contributed by atoms with E-state index in [0.29, 0.717) is 24.5 Å². The minimum Gasteiger partial charge on any atom is -0.370 e. The van der Waals surface area contributed by atoms with Gasteiger partial charge in [0, 0.05) is 48.4 Å². The molecular formula is C19H30N4O2S. The Kier molecular flexibility index (Phi) is 8.61. The Hall–Kier alpha value is -1.89. The molecule has 1 aliphatic rings. The van der Waals surface area contributed by atoms with E-state index in [2.05, 4.69) is 15.2 Å². The van der Waals surface area contributed by atoms with Crippen LogP contribution in [-0.4, -0.2) is 52.9 Å². The molecule has 26 heavy (non-hydrogen) atoms. The lowest BCUT2D eigenvalue weighted by molar-refractivity contribution is -0.119. The molecule has 144 valence electrons. The number of carbonyl (C=O) groups excluding carboxylic acids is 1. The predicted octanol–water partition coefficient (Wildman–Crippen LogP) is 1.49. The van der Waals surface area contributed by atoms with Crippen LogP contribution in [0.4, 0.5) is 0 Å². The zero-order valence-electron chi connectivity index (χ0n) is 15.5. The number of piperidine rings is 1. The Morgan fingerprint density at radius 3 is 2.85 bits per heavy atom. The van der Waals surface area contributed by atoms with Crippen LogP contribution in [0.2, 0.25) is 0 Å². The summed E-state index contributed by atoms with van der Waals surface area (Å²) in [6, 6.07) is 9.89. The number of guanidine groups is 1. The first-order valence-electron chi connectivity index (χ1n) is 9.29. The van der Waals surface area contributed by atoms with Crippen LogP contribution in [0.5, 0.6) is 0 Å². The monoisotopic (exact) mass is 378 g/mol. The van der Waals surface area contributed by atoms with E-state index in [-0.39, 0.29) is 11.8 Å². The van der Waals surface area contributed by atoms with Crippen LogP contribution in [0.25, 0.3) is 0 Å². The number of amides is 1. The van der Waals surface area contributed by atoms with Crippen molar-refractivity contribution in [1.82, 2.24) is 10.2 Å². The number of hydrogen-bond acceptors (Lipinski definition) is 3. The van der Waals surface area contributed by atoms with E-state index >= 15 is 0 Å². The smallest absolute Gasteiger partial charge is 0.217 e. The van der Waals surface area contributed by atoms with Gasteiger partial charge in [0.05, 0.1) is 6.54 Å². The first kappa shape index (κ1) is 20.4. The normalized spacial score (nSPS) is 19.2. The highest BCUT2D eigenvalue weighted by atomic mass is 32.2. The zero-order valence-corrected chi connectivity index (χ0v) is 16.3. The van der Waals surface area contributed by atoms with Gasteiger partial charge in [-0.1, -0.05) is 30.3 Å². The Morgan fingerprint density at radius 2 is 2.15 bits per heavy atom. The molecule has 7 heteroatoms. The maximum atomic E-state index is 12.3. The molecule has 1 aromatic rings. The molecule has 0 spiro atoms. The van der Waals surface area contributed by atoms with Gasteiger partial charge in [0.15, 0.2) is 5.96 Å². The average Bonchev–Trinajstić information content (AvgIpc) is 2.61. The lowest BCUT2D eigenvalue weighted by Crippen LogP contribution is -2.47. The molecule has 2 atom stereocenters. The molecule has 2 rings (SSSR count). The summed E-state index contributed by atoms with van der Waals surface area (Å²) in [5, 5.41) is 3.31. The van der Waals surface area contributed by atoms with Crippen LogP contribution in [-0.2, 0) is 21.3 Å². The van der Waals surface area contributed by atoms with Gasteiger partial charge in [-0.2, -0.15) is 0 Å². The molecular weight excluding hydrogens is 348 g/mol. The lowest BCUT2D eigenvalue weighted by atomic mass is 9.95. The topological polar surface area (TPSA) is 87.8 Å². The molecule has 3 N–H and O–H groups in total. The summed E-state index contributed by atoms with van der Waals surface area (Å²) >= 11 is 0. The molecule has 1 amide bonds. The molecule has 0 aromatic heterocycles. The number of benzene rings is 1. The van der Waals surface area contributed by atoms with Crippen molar-refractivity contribution in [2.75, 3.05) is 31.9 Å². The minimum atomic E-state index is -0.926. The van der Waals surface area contributed by atoms with E-state index in [4.69, 9.17) is 5.73 Å². The zero-order chi connectivity index (χ0) is 18.8. The lowest BCUT2D eigenvalue weighted by Gasteiger charge is -2.34. The van der Waals surface area contributed by atoms with Gasteiger partial charge in [-0.25, -0.2) is 0 Å². The third-order valence-corrected chi connectivity index (χ3v) is 5.69. The molecule has 0 radical (unpaired) electrons. The number of likely N-dealkylation sites (tertiary alicyclic amines) is 1. The molecule has 1 heterocycles. The molecule has 1 saturated heterocycles. The van der Waals surface area contributed by atoms with Crippen LogP contribution in [0.1, 0.15) is 31.7 Å². The highest BCUT2D eigenvalue weighted by Gasteiger charge is 2.23. The SMILES string of the molecule is CCNC(=NCCS(=O)Cc1ccccc1)N1CCCC(CC(N)=O)C1. The van der Waals surface area contributed by atoms with E-state index in [1.807, 2.05) is 37.3 Å². The Bertz CT molecular complexity index is 621. The van der Waals surface area contributed by atoms with Gasteiger partial charge in [0.2, 0.25) is 5.91 Å². The summed E-state index contributed by atoms with van der Waals surface area (Å²) in [6.45, 7) is 5.06. The Labute approximate surface area is 158 Å². The third-order valence-electron chi connectivity index (χ3n) is 4.39. The van der Waals surface area contributed by atoms with E-state index in [0.717, 1.165) is 44.0 Å². The number of carbonyl (C=O) groups is 1. The first-order chi connectivity index (χ1) is 12.6. The van der Waals surface area contributed by atoms with Crippen molar-refractivity contribution < 1.29 is 9.00 Å². The second-order valence-electron chi connectivity index (χ2n) is 6.63. The summed E-state index contributed by atoms with van der Waals surface area (Å²) in [5.41, 5.74) is 6.43. The molecule has 1 aromatic carbocycles. The van der Waals surface area contributed by atoms with Gasteiger partial charge in [0.25, 0.3) is 0 Å². The van der Waals surface area contributed by atoms with E-state index in [1.165, 1.54) is 0 Å². The Balaban J connectivity index is 1.87. The minimum absolute atomic E-state index is 0.241.